The Kier molecular flexibility index (Phi) is 1.61. The van der Waals surface area contributed by atoms with Gasteiger partial charge in [0, 0.05) is 0 Å². The van der Waals surface area contributed by atoms with E-state index in [9.17, 15) is 0 Å². The topological polar surface area (TPSA) is 9.23 Å². The maximum absolute atomic E-state index is 6.22. The first-order valence-electron chi connectivity index (χ1n) is 5.19. The largest absolute Gasteiger partial charge is 0.368 e. The lowest BCUT2D eigenvalue weighted by molar-refractivity contribution is -0.0685. The molecule has 0 aromatic carbocycles. The van der Waals surface area contributed by atoms with Gasteiger partial charge in [-0.1, -0.05) is 20.8 Å². The van der Waals surface area contributed by atoms with E-state index in [-0.39, 0.29) is 11.2 Å². The Balaban J connectivity index is 2.25. The molecule has 0 radical (unpaired) electrons. The van der Waals surface area contributed by atoms with Gasteiger partial charge in [0.1, 0.15) is 0 Å². The number of ether oxygens (including phenoxy) is 1. The van der Waals surface area contributed by atoms with Crippen LogP contribution in [0.5, 0.6) is 0 Å². The highest BCUT2D eigenvalue weighted by Crippen LogP contribution is 2.56. The molecular weight excluding hydrogens is 148 g/mol. The Morgan fingerprint density at radius 1 is 1.33 bits per heavy atom. The fourth-order valence-electron chi connectivity index (χ4n) is 2.89. The molecule has 2 bridgehead atoms. The molecule has 0 saturated carbocycles. The van der Waals surface area contributed by atoms with Crippen molar-refractivity contribution in [3.8, 4) is 0 Å². The minimum absolute atomic E-state index is 0.213. The Morgan fingerprint density at radius 3 is 2.25 bits per heavy atom. The summed E-state index contributed by atoms with van der Waals surface area (Å²) in [5, 5.41) is 0. The molecule has 3 unspecified atom stereocenters. The van der Waals surface area contributed by atoms with Crippen LogP contribution in [-0.2, 0) is 4.74 Å². The molecule has 70 valence electrons. The van der Waals surface area contributed by atoms with Gasteiger partial charge in [0.15, 0.2) is 0 Å². The number of hydrogen-bond acceptors (Lipinski definition) is 1. The van der Waals surface area contributed by atoms with Gasteiger partial charge in [-0.25, -0.2) is 0 Å². The Hall–Kier alpha value is -0.0400. The normalized spacial score (nSPS) is 52.2. The van der Waals surface area contributed by atoms with Crippen LogP contribution in [0.4, 0.5) is 0 Å². The average molecular weight is 168 g/mol. The first-order valence-corrected chi connectivity index (χ1v) is 5.19. The molecule has 0 aliphatic carbocycles. The van der Waals surface area contributed by atoms with Gasteiger partial charge >= 0.3 is 0 Å². The quantitative estimate of drug-likeness (QED) is 0.585. The van der Waals surface area contributed by atoms with Crippen molar-refractivity contribution in [3.63, 3.8) is 0 Å². The molecule has 3 atom stereocenters. The second kappa shape index (κ2) is 2.25. The maximum Gasteiger partial charge on any atom is 0.0717 e. The molecule has 0 aromatic heterocycles. The third-order valence-electron chi connectivity index (χ3n) is 4.23. The fourth-order valence-corrected chi connectivity index (χ4v) is 2.89. The summed E-state index contributed by atoms with van der Waals surface area (Å²) in [6.07, 6.45) is 3.83. The van der Waals surface area contributed by atoms with Crippen molar-refractivity contribution in [1.82, 2.24) is 0 Å². The predicted molar refractivity (Wildman–Crippen MR) is 50.1 cm³/mol. The van der Waals surface area contributed by atoms with Crippen molar-refractivity contribution in [2.24, 2.45) is 11.8 Å². The van der Waals surface area contributed by atoms with Crippen LogP contribution in [0, 0.1) is 11.8 Å². The van der Waals surface area contributed by atoms with Crippen molar-refractivity contribution in [2.75, 3.05) is 0 Å². The van der Waals surface area contributed by atoms with Crippen LogP contribution in [0.3, 0.4) is 0 Å². The lowest BCUT2D eigenvalue weighted by Crippen LogP contribution is -2.32. The van der Waals surface area contributed by atoms with Crippen molar-refractivity contribution < 1.29 is 4.74 Å². The van der Waals surface area contributed by atoms with Gasteiger partial charge in [-0.15, -0.1) is 0 Å². The Bertz CT molecular complexity index is 199. The highest BCUT2D eigenvalue weighted by Gasteiger charge is 2.58. The number of rotatable bonds is 1. The smallest absolute Gasteiger partial charge is 0.0717 e. The van der Waals surface area contributed by atoms with Crippen LogP contribution < -0.4 is 0 Å². The van der Waals surface area contributed by atoms with E-state index in [1.54, 1.807) is 0 Å². The minimum Gasteiger partial charge on any atom is -0.368 e. The molecule has 12 heavy (non-hydrogen) atoms. The van der Waals surface area contributed by atoms with Crippen molar-refractivity contribution in [2.45, 2.75) is 58.2 Å². The van der Waals surface area contributed by atoms with Crippen LogP contribution in [0.25, 0.3) is 0 Å². The predicted octanol–water partition coefficient (Wildman–Crippen LogP) is 2.99. The van der Waals surface area contributed by atoms with Gasteiger partial charge in [0.25, 0.3) is 0 Å². The van der Waals surface area contributed by atoms with Gasteiger partial charge in [-0.3, -0.25) is 0 Å². The van der Waals surface area contributed by atoms with Gasteiger partial charge in [0.2, 0.25) is 0 Å². The van der Waals surface area contributed by atoms with E-state index in [0.717, 1.165) is 5.92 Å². The molecular formula is C11H20O. The van der Waals surface area contributed by atoms with E-state index in [1.807, 2.05) is 0 Å². The zero-order valence-electron chi connectivity index (χ0n) is 8.68. The van der Waals surface area contributed by atoms with Gasteiger partial charge in [-0.2, -0.15) is 0 Å². The minimum atomic E-state index is 0.213. The van der Waals surface area contributed by atoms with Gasteiger partial charge < -0.3 is 4.74 Å². The summed E-state index contributed by atoms with van der Waals surface area (Å²) in [6, 6.07) is 0. The molecule has 0 N–H and O–H groups in total. The fraction of sp³-hybridized carbons (Fsp3) is 1.00. The highest BCUT2D eigenvalue weighted by molar-refractivity contribution is 5.07. The molecule has 2 fully saturated rings. The molecule has 0 aromatic rings. The van der Waals surface area contributed by atoms with Gasteiger partial charge in [-0.05, 0) is 38.0 Å². The molecule has 1 heteroatoms. The maximum atomic E-state index is 6.22. The molecule has 2 aliphatic heterocycles. The highest BCUT2D eigenvalue weighted by atomic mass is 16.5. The molecule has 2 heterocycles. The molecule has 0 amide bonds. The zero-order chi connectivity index (χ0) is 8.98. The van der Waals surface area contributed by atoms with Crippen molar-refractivity contribution in [1.29, 1.82) is 0 Å². The monoisotopic (exact) mass is 168 g/mol. The summed E-state index contributed by atoms with van der Waals surface area (Å²) in [6.45, 7) is 9.21. The lowest BCUT2D eigenvalue weighted by Gasteiger charge is -2.30. The van der Waals surface area contributed by atoms with Crippen LogP contribution in [0.2, 0.25) is 0 Å². The number of fused-ring (bicyclic) bond motifs is 2. The van der Waals surface area contributed by atoms with E-state index < -0.39 is 0 Å². The first-order chi connectivity index (χ1) is 5.49. The zero-order valence-corrected chi connectivity index (χ0v) is 8.68. The Labute approximate surface area is 75.5 Å². The third-order valence-corrected chi connectivity index (χ3v) is 4.23. The van der Waals surface area contributed by atoms with Crippen LogP contribution >= 0.6 is 0 Å². The van der Waals surface area contributed by atoms with E-state index in [0.29, 0.717) is 5.92 Å². The van der Waals surface area contributed by atoms with Crippen LogP contribution in [-0.4, -0.2) is 11.2 Å². The van der Waals surface area contributed by atoms with E-state index >= 15 is 0 Å². The summed E-state index contributed by atoms with van der Waals surface area (Å²) in [5.74, 6) is 1.44. The van der Waals surface area contributed by atoms with Crippen LogP contribution in [0.15, 0.2) is 0 Å². The first kappa shape index (κ1) is 8.55. The number of hydrogen-bond donors (Lipinski definition) is 0. The van der Waals surface area contributed by atoms with Crippen molar-refractivity contribution >= 4 is 0 Å². The summed E-state index contributed by atoms with van der Waals surface area (Å²) in [5.41, 5.74) is 0.457. The summed E-state index contributed by atoms with van der Waals surface area (Å²) < 4.78 is 6.22. The second-order valence-corrected chi connectivity index (χ2v) is 5.24. The summed E-state index contributed by atoms with van der Waals surface area (Å²) in [4.78, 5) is 0. The molecule has 2 aliphatic rings. The van der Waals surface area contributed by atoms with Gasteiger partial charge in [0.05, 0.1) is 11.2 Å². The molecule has 0 spiro atoms. The second-order valence-electron chi connectivity index (χ2n) is 5.24. The lowest BCUT2D eigenvalue weighted by atomic mass is 9.72. The molecule has 1 nitrogen and oxygen atoms in total. The third kappa shape index (κ3) is 0.891. The van der Waals surface area contributed by atoms with Crippen LogP contribution in [0.1, 0.15) is 47.0 Å². The SMILES string of the molecule is CC1CC2(C(C)C)CCC1(C)O2. The summed E-state index contributed by atoms with van der Waals surface area (Å²) in [7, 11) is 0. The van der Waals surface area contributed by atoms with E-state index in [1.165, 1.54) is 19.3 Å². The average Bonchev–Trinajstić information content (AvgIpc) is 2.41. The molecule has 2 rings (SSSR count). The molecule has 2 saturated heterocycles. The standard InChI is InChI=1S/C11H20O/c1-8(2)11-6-5-10(4,12-11)9(3)7-11/h8-9H,5-7H2,1-4H3. The van der Waals surface area contributed by atoms with E-state index in [4.69, 9.17) is 4.74 Å². The Morgan fingerprint density at radius 2 is 2.00 bits per heavy atom. The summed E-state index contributed by atoms with van der Waals surface area (Å²) >= 11 is 0. The van der Waals surface area contributed by atoms with E-state index in [2.05, 4.69) is 27.7 Å². The van der Waals surface area contributed by atoms with Crippen molar-refractivity contribution in [3.05, 3.63) is 0 Å².